The molecule has 1 aromatic rings. The van der Waals surface area contributed by atoms with Crippen molar-refractivity contribution in [2.75, 3.05) is 0 Å². The third-order valence-corrected chi connectivity index (χ3v) is 2.83. The largest absolute Gasteiger partial charge is 1.00 e. The molecule has 0 aromatic heterocycles. The van der Waals surface area contributed by atoms with E-state index in [0.717, 1.165) is 25.7 Å². The van der Waals surface area contributed by atoms with Crippen molar-refractivity contribution in [2.24, 2.45) is 0 Å². The number of hydrogen-bond donors (Lipinski definition) is 1. The molecule has 1 N–H and O–H groups in total. The Kier molecular flexibility index (Phi) is 10.4. The van der Waals surface area contributed by atoms with Gasteiger partial charge >= 0.3 is 41.5 Å². The molecular weight excluding hydrogens is 267 g/mol. The summed E-state index contributed by atoms with van der Waals surface area (Å²) >= 11 is 0. The number of para-hydroxylation sites is 1. The van der Waals surface area contributed by atoms with Crippen molar-refractivity contribution in [3.8, 4) is 5.75 Å². The number of rotatable bonds is 8. The fraction of sp³-hybridized carbons (Fsp3) is 0.467. The molecule has 0 spiro atoms. The standard InChI is InChI=1S/C15H20O4.Na.H/c1-2-3-4-5-6-11-14(16)19-13-10-8-7-9-12(13)15(17)18;;/h7-10H,2-6,11H2,1H3,(H,17,18);;/q;+1;-1. The van der Waals surface area contributed by atoms with Crippen LogP contribution in [0.15, 0.2) is 24.3 Å². The van der Waals surface area contributed by atoms with Gasteiger partial charge in [0.15, 0.2) is 0 Å². The SMILES string of the molecule is CCCCCCCC(=O)Oc1ccccc1C(=O)O.[H-].[Na+]. The first-order valence-corrected chi connectivity index (χ1v) is 6.68. The van der Waals surface area contributed by atoms with Gasteiger partial charge in [0.1, 0.15) is 11.3 Å². The van der Waals surface area contributed by atoms with Crippen LogP contribution in [0.3, 0.4) is 0 Å². The Morgan fingerprint density at radius 3 is 2.45 bits per heavy atom. The van der Waals surface area contributed by atoms with E-state index in [9.17, 15) is 9.59 Å². The van der Waals surface area contributed by atoms with Crippen LogP contribution < -0.4 is 34.3 Å². The molecular formula is C15H21NaO4. The number of esters is 1. The minimum Gasteiger partial charge on any atom is -1.00 e. The fourth-order valence-electron chi connectivity index (χ4n) is 1.78. The van der Waals surface area contributed by atoms with Crippen LogP contribution in [0.5, 0.6) is 5.75 Å². The van der Waals surface area contributed by atoms with E-state index < -0.39 is 5.97 Å². The average Bonchev–Trinajstić information content (AvgIpc) is 2.39. The van der Waals surface area contributed by atoms with Crippen LogP contribution in [0.1, 0.15) is 57.2 Å². The molecule has 106 valence electrons. The van der Waals surface area contributed by atoms with Gasteiger partial charge in [-0.1, -0.05) is 44.7 Å². The molecule has 5 heteroatoms. The Morgan fingerprint density at radius 1 is 1.15 bits per heavy atom. The molecule has 0 fully saturated rings. The Hall–Kier alpha value is -0.840. The van der Waals surface area contributed by atoms with Gasteiger partial charge in [-0.3, -0.25) is 4.79 Å². The van der Waals surface area contributed by atoms with Gasteiger partial charge in [-0.25, -0.2) is 4.79 Å². The molecule has 0 aliphatic rings. The fourth-order valence-corrected chi connectivity index (χ4v) is 1.78. The number of carbonyl (C=O) groups is 2. The number of hydrogen-bond acceptors (Lipinski definition) is 3. The number of ether oxygens (including phenoxy) is 1. The van der Waals surface area contributed by atoms with Crippen molar-refractivity contribution >= 4 is 11.9 Å². The van der Waals surface area contributed by atoms with Gasteiger partial charge in [0.2, 0.25) is 0 Å². The topological polar surface area (TPSA) is 63.6 Å². The van der Waals surface area contributed by atoms with Crippen LogP contribution in [-0.2, 0) is 4.79 Å². The summed E-state index contributed by atoms with van der Waals surface area (Å²) < 4.78 is 5.09. The Balaban J connectivity index is 0. The minimum absolute atomic E-state index is 0. The predicted octanol–water partition coefficient (Wildman–Crippen LogP) is 0.767. The van der Waals surface area contributed by atoms with E-state index in [1.54, 1.807) is 12.1 Å². The first-order chi connectivity index (χ1) is 9.15. The quantitative estimate of drug-likeness (QED) is 0.332. The van der Waals surface area contributed by atoms with E-state index in [1.807, 2.05) is 0 Å². The van der Waals surface area contributed by atoms with Crippen molar-refractivity contribution in [2.45, 2.75) is 45.4 Å². The number of carboxylic acid groups (broad SMARTS) is 1. The summed E-state index contributed by atoms with van der Waals surface area (Å²) in [6.07, 6.45) is 5.58. The molecule has 0 aliphatic carbocycles. The Labute approximate surface area is 143 Å². The van der Waals surface area contributed by atoms with Crippen molar-refractivity contribution in [1.82, 2.24) is 0 Å². The van der Waals surface area contributed by atoms with Crippen LogP contribution in [0.25, 0.3) is 0 Å². The third-order valence-electron chi connectivity index (χ3n) is 2.83. The molecule has 0 atom stereocenters. The van der Waals surface area contributed by atoms with Crippen molar-refractivity contribution < 1.29 is 50.4 Å². The van der Waals surface area contributed by atoms with Crippen molar-refractivity contribution in [3.05, 3.63) is 29.8 Å². The van der Waals surface area contributed by atoms with Crippen molar-refractivity contribution in [3.63, 3.8) is 0 Å². The third kappa shape index (κ3) is 7.08. The normalized spacial score (nSPS) is 9.65. The zero-order chi connectivity index (χ0) is 14.1. The molecule has 1 aromatic carbocycles. The maximum atomic E-state index is 11.6. The second-order valence-corrected chi connectivity index (χ2v) is 4.44. The summed E-state index contributed by atoms with van der Waals surface area (Å²) in [5.74, 6) is -1.34. The molecule has 0 radical (unpaired) electrons. The van der Waals surface area contributed by atoms with Crippen LogP contribution in [0, 0.1) is 0 Å². The molecule has 20 heavy (non-hydrogen) atoms. The Morgan fingerprint density at radius 2 is 1.80 bits per heavy atom. The molecule has 0 aliphatic heterocycles. The summed E-state index contributed by atoms with van der Waals surface area (Å²) in [5.41, 5.74) is 0.0156. The molecule has 0 saturated carbocycles. The number of unbranched alkanes of at least 4 members (excludes halogenated alkanes) is 4. The molecule has 0 heterocycles. The van der Waals surface area contributed by atoms with Crippen LogP contribution in [0.2, 0.25) is 0 Å². The smallest absolute Gasteiger partial charge is 1.00 e. The van der Waals surface area contributed by atoms with E-state index in [0.29, 0.717) is 6.42 Å². The second-order valence-electron chi connectivity index (χ2n) is 4.44. The zero-order valence-electron chi connectivity index (χ0n) is 13.2. The monoisotopic (exact) mass is 288 g/mol. The van der Waals surface area contributed by atoms with E-state index in [-0.39, 0.29) is 48.3 Å². The van der Waals surface area contributed by atoms with Gasteiger partial charge in [-0.15, -0.1) is 0 Å². The van der Waals surface area contributed by atoms with Gasteiger partial charge in [0.25, 0.3) is 0 Å². The second kappa shape index (κ2) is 10.9. The van der Waals surface area contributed by atoms with Gasteiger partial charge in [-0.2, -0.15) is 0 Å². The number of carbonyl (C=O) groups excluding carboxylic acids is 1. The van der Waals surface area contributed by atoms with Crippen molar-refractivity contribution in [1.29, 1.82) is 0 Å². The van der Waals surface area contributed by atoms with Crippen LogP contribution in [-0.4, -0.2) is 17.0 Å². The van der Waals surface area contributed by atoms with Gasteiger partial charge in [-0.05, 0) is 18.6 Å². The summed E-state index contributed by atoms with van der Waals surface area (Å²) in [6.45, 7) is 2.14. The van der Waals surface area contributed by atoms with Gasteiger partial charge in [0, 0.05) is 6.42 Å². The first-order valence-electron chi connectivity index (χ1n) is 6.68. The summed E-state index contributed by atoms with van der Waals surface area (Å²) in [4.78, 5) is 22.5. The maximum Gasteiger partial charge on any atom is 1.00 e. The summed E-state index contributed by atoms with van der Waals surface area (Å²) in [6, 6.07) is 6.17. The molecule has 0 unspecified atom stereocenters. The molecule has 0 saturated heterocycles. The average molecular weight is 288 g/mol. The van der Waals surface area contributed by atoms with E-state index in [4.69, 9.17) is 9.84 Å². The van der Waals surface area contributed by atoms with E-state index in [2.05, 4.69) is 6.92 Å². The van der Waals surface area contributed by atoms with E-state index in [1.165, 1.54) is 18.6 Å². The number of benzene rings is 1. The minimum atomic E-state index is -1.09. The maximum absolute atomic E-state index is 11.6. The van der Waals surface area contributed by atoms with E-state index >= 15 is 0 Å². The zero-order valence-corrected chi connectivity index (χ0v) is 14.2. The van der Waals surface area contributed by atoms with Gasteiger partial charge in [0.05, 0.1) is 0 Å². The predicted molar refractivity (Wildman–Crippen MR) is 73.5 cm³/mol. The van der Waals surface area contributed by atoms with Gasteiger partial charge < -0.3 is 11.3 Å². The number of aromatic carboxylic acids is 1. The summed E-state index contributed by atoms with van der Waals surface area (Å²) in [5, 5.41) is 8.96. The molecule has 4 nitrogen and oxygen atoms in total. The molecule has 0 bridgehead atoms. The summed E-state index contributed by atoms with van der Waals surface area (Å²) in [7, 11) is 0. The van der Waals surface area contributed by atoms with Crippen LogP contribution >= 0.6 is 0 Å². The Bertz CT molecular complexity index is 437. The molecule has 0 amide bonds. The first kappa shape index (κ1) is 19.2. The molecule has 1 rings (SSSR count). The number of carboxylic acids is 1. The van der Waals surface area contributed by atoms with Crippen LogP contribution in [0.4, 0.5) is 0 Å².